The Labute approximate surface area is 202 Å². The lowest BCUT2D eigenvalue weighted by atomic mass is 10.0. The number of aromatic nitrogens is 2. The van der Waals surface area contributed by atoms with Crippen molar-refractivity contribution in [2.75, 3.05) is 0 Å². The second kappa shape index (κ2) is 6.01. The van der Waals surface area contributed by atoms with Crippen LogP contribution in [0.2, 0.25) is 0 Å². The first-order valence-corrected chi connectivity index (χ1v) is 13.2. The number of hydrogen-bond acceptors (Lipinski definition) is 2. The third kappa shape index (κ3) is 1.96. The predicted octanol–water partition coefficient (Wildman–Crippen LogP) is 6.85. The second-order valence-corrected chi connectivity index (χ2v) is 11.4. The number of pyridine rings is 2. The number of rotatable bonds is 0. The van der Waals surface area contributed by atoms with Gasteiger partial charge in [-0.2, -0.15) is 0 Å². The van der Waals surface area contributed by atoms with Crippen molar-refractivity contribution < 1.29 is 16.5 Å². The van der Waals surface area contributed by atoms with Gasteiger partial charge < -0.3 is 8.60 Å². The molecule has 4 aromatic carbocycles. The Balaban J connectivity index is 1.59. The molecule has 0 fully saturated rings. The predicted molar refractivity (Wildman–Crippen MR) is 138 cm³/mol. The number of fused-ring (bicyclic) bond motifs is 13. The molecular formula is C30H18N2O2S+2. The van der Waals surface area contributed by atoms with E-state index in [-0.39, 0.29) is 0 Å². The van der Waals surface area contributed by atoms with Crippen LogP contribution in [-0.4, -0.2) is 0 Å². The maximum absolute atomic E-state index is 7.15. The van der Waals surface area contributed by atoms with E-state index in [1.165, 1.54) is 15.8 Å². The van der Waals surface area contributed by atoms with Crippen molar-refractivity contribution in [3.8, 4) is 17.0 Å². The maximum atomic E-state index is 7.15. The van der Waals surface area contributed by atoms with Crippen molar-refractivity contribution in [3.05, 3.63) is 109 Å². The van der Waals surface area contributed by atoms with Gasteiger partial charge in [-0.25, -0.2) is 0 Å². The molecule has 0 N–H and O–H groups in total. The molecule has 5 heterocycles. The summed E-state index contributed by atoms with van der Waals surface area (Å²) < 4.78 is 18.5. The van der Waals surface area contributed by atoms with Crippen LogP contribution in [0, 0.1) is 0 Å². The Morgan fingerprint density at radius 2 is 1.49 bits per heavy atom. The second-order valence-electron chi connectivity index (χ2n) is 9.07. The number of benzene rings is 4. The average molecular weight is 471 g/mol. The zero-order valence-corrected chi connectivity index (χ0v) is 19.3. The van der Waals surface area contributed by atoms with E-state index in [0.717, 1.165) is 49.8 Å². The van der Waals surface area contributed by atoms with Crippen molar-refractivity contribution in [2.45, 2.75) is 4.90 Å². The number of para-hydroxylation sites is 3. The van der Waals surface area contributed by atoms with Crippen molar-refractivity contribution in [1.82, 2.24) is 0 Å². The topological polar surface area (TPSA) is 30.1 Å². The average Bonchev–Trinajstić information content (AvgIpc) is 3.55. The lowest BCUT2D eigenvalue weighted by Gasteiger charge is -2.19. The molecule has 1 unspecified atom stereocenters. The first-order chi connectivity index (χ1) is 17.4. The summed E-state index contributed by atoms with van der Waals surface area (Å²) in [5.74, 6) is 0.925. The Kier molecular flexibility index (Phi) is 3.10. The fourth-order valence-electron chi connectivity index (χ4n) is 5.95. The molecule has 1 spiro atoms. The third-order valence-corrected chi connectivity index (χ3v) is 10.4. The van der Waals surface area contributed by atoms with Gasteiger partial charge in [0.15, 0.2) is 16.7 Å². The molecule has 9 rings (SSSR count). The molecule has 0 saturated heterocycles. The zero-order valence-electron chi connectivity index (χ0n) is 18.5. The van der Waals surface area contributed by atoms with Gasteiger partial charge >= 0.3 is 10.7 Å². The number of nitrogens with zero attached hydrogens (tertiary/aromatic N) is 2. The van der Waals surface area contributed by atoms with Gasteiger partial charge in [0.25, 0.3) is 5.52 Å². The Morgan fingerprint density at radius 1 is 0.686 bits per heavy atom. The number of furan rings is 1. The van der Waals surface area contributed by atoms with Crippen LogP contribution < -0.4 is 12.1 Å². The lowest BCUT2D eigenvalue weighted by Crippen LogP contribution is -2.54. The van der Waals surface area contributed by atoms with Crippen molar-refractivity contribution >= 4 is 54.4 Å². The van der Waals surface area contributed by atoms with Crippen LogP contribution in [0.1, 0.15) is 0 Å². The summed E-state index contributed by atoms with van der Waals surface area (Å²) >= 11 is 0. The highest BCUT2D eigenvalue weighted by molar-refractivity contribution is 8.19. The van der Waals surface area contributed by atoms with Gasteiger partial charge in [-0.1, -0.05) is 56.5 Å². The number of hydrogen-bond donors (Lipinski definition) is 0. The summed E-state index contributed by atoms with van der Waals surface area (Å²) in [7, 11) is -2.13. The molecule has 0 aliphatic carbocycles. The zero-order chi connectivity index (χ0) is 22.7. The highest BCUT2D eigenvalue weighted by atomic mass is 32.3. The minimum absolute atomic E-state index is 0.903. The molecule has 0 bridgehead atoms. The van der Waals surface area contributed by atoms with E-state index < -0.39 is 10.7 Å². The van der Waals surface area contributed by atoms with E-state index in [2.05, 4.69) is 111 Å². The van der Waals surface area contributed by atoms with E-state index in [1.807, 2.05) is 6.07 Å². The van der Waals surface area contributed by atoms with Crippen LogP contribution in [0.25, 0.3) is 55.0 Å². The quantitative estimate of drug-likeness (QED) is 0.227. The van der Waals surface area contributed by atoms with Gasteiger partial charge in [-0.3, -0.25) is 0 Å². The minimum Gasteiger partial charge on any atom is -0.455 e. The van der Waals surface area contributed by atoms with Crippen molar-refractivity contribution in [2.24, 2.45) is 0 Å². The molecule has 0 radical (unpaired) electrons. The molecule has 7 aromatic rings. The molecule has 1 atom stereocenters. The summed E-state index contributed by atoms with van der Waals surface area (Å²) in [5, 5.41) is 4.54. The molecule has 0 amide bonds. The minimum atomic E-state index is -2.13. The van der Waals surface area contributed by atoms with Gasteiger partial charge in [0.2, 0.25) is 17.0 Å². The maximum Gasteiger partial charge on any atom is 0.385 e. The fourth-order valence-corrected chi connectivity index (χ4v) is 9.41. The third-order valence-electron chi connectivity index (χ3n) is 7.30. The summed E-state index contributed by atoms with van der Waals surface area (Å²) in [6, 6.07) is 36.2. The highest BCUT2D eigenvalue weighted by Crippen LogP contribution is 2.63. The van der Waals surface area contributed by atoms with Crippen molar-refractivity contribution in [1.29, 1.82) is 0 Å². The Morgan fingerprint density at radius 3 is 2.46 bits per heavy atom. The molecule has 0 saturated carbocycles. The van der Waals surface area contributed by atoms with E-state index in [4.69, 9.17) is 8.60 Å². The molecule has 2 aliphatic rings. The Bertz CT molecular complexity index is 2060. The Hall–Kier alpha value is -4.35. The van der Waals surface area contributed by atoms with Crippen LogP contribution in [0.15, 0.2) is 119 Å². The first-order valence-electron chi connectivity index (χ1n) is 11.7. The van der Waals surface area contributed by atoms with E-state index >= 15 is 0 Å². The van der Waals surface area contributed by atoms with Crippen molar-refractivity contribution in [3.63, 3.8) is 0 Å². The summed E-state index contributed by atoms with van der Waals surface area (Å²) in [5.41, 5.74) is 6.44. The van der Waals surface area contributed by atoms with E-state index in [0.29, 0.717) is 0 Å². The van der Waals surface area contributed by atoms with Crippen LogP contribution in [-0.2, 0) is 0 Å². The van der Waals surface area contributed by atoms with E-state index in [9.17, 15) is 0 Å². The fraction of sp³-hybridized carbons (Fsp3) is 0. The lowest BCUT2D eigenvalue weighted by molar-refractivity contribution is -0.583. The van der Waals surface area contributed by atoms with Gasteiger partial charge in [0.1, 0.15) is 11.0 Å². The normalized spacial score (nSPS) is 19.3. The molecule has 35 heavy (non-hydrogen) atoms. The van der Waals surface area contributed by atoms with Gasteiger partial charge in [0.05, 0.1) is 16.3 Å². The molecule has 2 aliphatic heterocycles. The molecule has 5 heteroatoms. The first kappa shape index (κ1) is 18.0. The van der Waals surface area contributed by atoms with Gasteiger partial charge in [-0.05, 0) is 42.5 Å². The SMILES string of the molecule is c1ccc2c(c1)-c1c3c4ccccc4oc3c3ccccc3[n+]1S21Oc2cccc3ccc[n+]1c23. The molecule has 164 valence electrons. The van der Waals surface area contributed by atoms with Crippen LogP contribution in [0.3, 0.4) is 0 Å². The molecular weight excluding hydrogens is 452 g/mol. The summed E-state index contributed by atoms with van der Waals surface area (Å²) in [4.78, 5) is 1.21. The highest BCUT2D eigenvalue weighted by Gasteiger charge is 2.64. The largest absolute Gasteiger partial charge is 0.455 e. The standard InChI is InChI=1S/C30H18N2O2S/c1-4-14-23-20(11-1)30-27(21-12-2-5-15-24(21)33-30)29-22-13-3-6-17-26(22)35(32(23)29)31-18-8-10-19-9-7-16-25(34-35)28(19)31/h1-18H/q+2. The van der Waals surface area contributed by atoms with Crippen LogP contribution in [0.4, 0.5) is 0 Å². The molecule has 3 aromatic heterocycles. The smallest absolute Gasteiger partial charge is 0.385 e. The van der Waals surface area contributed by atoms with Gasteiger partial charge in [-0.15, -0.1) is 0 Å². The van der Waals surface area contributed by atoms with Crippen LogP contribution in [0.5, 0.6) is 5.75 Å². The van der Waals surface area contributed by atoms with Crippen LogP contribution >= 0.6 is 10.7 Å². The van der Waals surface area contributed by atoms with Gasteiger partial charge in [0, 0.05) is 17.5 Å². The monoisotopic (exact) mass is 470 g/mol. The van der Waals surface area contributed by atoms with E-state index in [1.54, 1.807) is 0 Å². The molecule has 4 nitrogen and oxygen atoms in total. The summed E-state index contributed by atoms with van der Waals surface area (Å²) in [6.45, 7) is 0. The summed E-state index contributed by atoms with van der Waals surface area (Å²) in [6.07, 6.45) is 2.18.